The molecular weight excluding hydrogens is 188 g/mol. The number of nitrogens with zero attached hydrogens (tertiary/aromatic N) is 2. The van der Waals surface area contributed by atoms with Gasteiger partial charge in [0, 0.05) is 33.9 Å². The lowest BCUT2D eigenvalue weighted by Crippen LogP contribution is -2.16. The Morgan fingerprint density at radius 2 is 1.53 bits per heavy atom. The van der Waals surface area contributed by atoms with Gasteiger partial charge >= 0.3 is 0 Å². The van der Waals surface area contributed by atoms with Gasteiger partial charge < -0.3 is 14.9 Å². The molecule has 0 heterocycles. The van der Waals surface area contributed by atoms with Crippen LogP contribution in [0.5, 0.6) is 5.75 Å². The van der Waals surface area contributed by atoms with Gasteiger partial charge in [-0.05, 0) is 31.0 Å². The summed E-state index contributed by atoms with van der Waals surface area (Å²) in [6.45, 7) is 3.96. The van der Waals surface area contributed by atoms with Gasteiger partial charge in [-0.3, -0.25) is 0 Å². The van der Waals surface area contributed by atoms with Crippen molar-refractivity contribution in [2.75, 3.05) is 38.0 Å². The van der Waals surface area contributed by atoms with Crippen molar-refractivity contribution in [2.24, 2.45) is 0 Å². The topological polar surface area (TPSA) is 26.7 Å². The summed E-state index contributed by atoms with van der Waals surface area (Å²) in [5.41, 5.74) is 4.06. The van der Waals surface area contributed by atoms with Crippen LogP contribution in [0.2, 0.25) is 0 Å². The Morgan fingerprint density at radius 1 is 1.00 bits per heavy atom. The number of anilines is 2. The number of aryl methyl sites for hydroxylation is 1. The van der Waals surface area contributed by atoms with Crippen LogP contribution in [0.25, 0.3) is 0 Å². The lowest BCUT2D eigenvalue weighted by molar-refractivity contribution is 0.471. The van der Waals surface area contributed by atoms with E-state index in [-0.39, 0.29) is 0 Å². The molecule has 15 heavy (non-hydrogen) atoms. The van der Waals surface area contributed by atoms with Crippen LogP contribution in [0, 0.1) is 13.8 Å². The van der Waals surface area contributed by atoms with Gasteiger partial charge in [0.15, 0.2) is 0 Å². The molecule has 1 rings (SSSR count). The highest BCUT2D eigenvalue weighted by molar-refractivity contribution is 5.74. The smallest absolute Gasteiger partial charge is 0.142 e. The number of hydrogen-bond acceptors (Lipinski definition) is 3. The minimum absolute atomic E-state index is 0.378. The molecule has 1 N–H and O–H groups in total. The zero-order valence-electron chi connectivity index (χ0n) is 10.4. The second-order valence-corrected chi connectivity index (χ2v) is 4.32. The average molecular weight is 208 g/mol. The van der Waals surface area contributed by atoms with Crippen molar-refractivity contribution in [3.8, 4) is 5.75 Å². The maximum Gasteiger partial charge on any atom is 0.142 e. The van der Waals surface area contributed by atoms with Gasteiger partial charge in [0.2, 0.25) is 0 Å². The molecule has 1 aromatic carbocycles. The predicted molar refractivity (Wildman–Crippen MR) is 66.2 cm³/mol. The van der Waals surface area contributed by atoms with E-state index in [1.54, 1.807) is 0 Å². The minimum Gasteiger partial charge on any atom is -0.505 e. The number of benzene rings is 1. The van der Waals surface area contributed by atoms with Gasteiger partial charge in [-0.25, -0.2) is 0 Å². The summed E-state index contributed by atoms with van der Waals surface area (Å²) in [5.74, 6) is 0.378. The minimum atomic E-state index is 0.378. The Balaban J connectivity index is 3.49. The molecule has 0 saturated carbocycles. The predicted octanol–water partition coefficient (Wildman–Crippen LogP) is 2.14. The van der Waals surface area contributed by atoms with E-state index in [4.69, 9.17) is 0 Å². The Bertz CT molecular complexity index is 370. The number of aromatic hydroxyl groups is 1. The Hall–Kier alpha value is -1.38. The molecule has 0 aromatic heterocycles. The molecule has 0 saturated heterocycles. The van der Waals surface area contributed by atoms with Crippen molar-refractivity contribution >= 4 is 11.4 Å². The molecule has 0 bridgehead atoms. The fourth-order valence-electron chi connectivity index (χ4n) is 1.88. The number of rotatable bonds is 2. The third-order valence-electron chi connectivity index (χ3n) is 2.62. The highest BCUT2D eigenvalue weighted by Gasteiger charge is 2.14. The van der Waals surface area contributed by atoms with Crippen LogP contribution < -0.4 is 9.80 Å². The van der Waals surface area contributed by atoms with Crippen molar-refractivity contribution in [3.05, 3.63) is 17.2 Å². The fraction of sp³-hybridized carbons (Fsp3) is 0.500. The first kappa shape index (κ1) is 11.7. The number of phenolic OH excluding ortho intramolecular Hbond substituents is 1. The molecule has 3 heteroatoms. The van der Waals surface area contributed by atoms with Crippen molar-refractivity contribution < 1.29 is 5.11 Å². The molecule has 0 atom stereocenters. The molecule has 1 aromatic rings. The van der Waals surface area contributed by atoms with E-state index in [0.29, 0.717) is 5.75 Å². The van der Waals surface area contributed by atoms with Gasteiger partial charge in [0.1, 0.15) is 5.75 Å². The standard InChI is InChI=1S/C12H20N2O/c1-8-7-10(13(3)4)9(2)11(12(8)15)14(5)6/h7,15H,1-6H3. The Morgan fingerprint density at radius 3 is 1.93 bits per heavy atom. The maximum atomic E-state index is 9.99. The van der Waals surface area contributed by atoms with Crippen LogP contribution in [0.15, 0.2) is 6.07 Å². The van der Waals surface area contributed by atoms with E-state index < -0.39 is 0 Å². The van der Waals surface area contributed by atoms with E-state index in [1.165, 1.54) is 0 Å². The second-order valence-electron chi connectivity index (χ2n) is 4.32. The normalized spacial score (nSPS) is 10.3. The highest BCUT2D eigenvalue weighted by Crippen LogP contribution is 2.38. The zero-order chi connectivity index (χ0) is 11.7. The zero-order valence-corrected chi connectivity index (χ0v) is 10.4. The molecule has 3 nitrogen and oxygen atoms in total. The van der Waals surface area contributed by atoms with Gasteiger partial charge in [-0.2, -0.15) is 0 Å². The number of hydrogen-bond donors (Lipinski definition) is 1. The van der Waals surface area contributed by atoms with Gasteiger partial charge in [-0.15, -0.1) is 0 Å². The van der Waals surface area contributed by atoms with Crippen LogP contribution in [0.1, 0.15) is 11.1 Å². The van der Waals surface area contributed by atoms with E-state index in [9.17, 15) is 5.11 Å². The third kappa shape index (κ3) is 2.01. The molecule has 0 radical (unpaired) electrons. The molecule has 0 aliphatic rings. The van der Waals surface area contributed by atoms with Crippen molar-refractivity contribution in [1.82, 2.24) is 0 Å². The van der Waals surface area contributed by atoms with Crippen LogP contribution in [-0.2, 0) is 0 Å². The van der Waals surface area contributed by atoms with Crippen LogP contribution in [-0.4, -0.2) is 33.3 Å². The van der Waals surface area contributed by atoms with E-state index >= 15 is 0 Å². The SMILES string of the molecule is Cc1cc(N(C)C)c(C)c(N(C)C)c1O. The Kier molecular flexibility index (Phi) is 3.12. The summed E-state index contributed by atoms with van der Waals surface area (Å²) >= 11 is 0. The summed E-state index contributed by atoms with van der Waals surface area (Å²) in [6, 6.07) is 2.01. The monoisotopic (exact) mass is 208 g/mol. The summed E-state index contributed by atoms with van der Waals surface area (Å²) < 4.78 is 0. The average Bonchev–Trinajstić information content (AvgIpc) is 2.10. The van der Waals surface area contributed by atoms with Crippen molar-refractivity contribution in [1.29, 1.82) is 0 Å². The van der Waals surface area contributed by atoms with Crippen LogP contribution in [0.4, 0.5) is 11.4 Å². The fourth-order valence-corrected chi connectivity index (χ4v) is 1.88. The van der Waals surface area contributed by atoms with Crippen molar-refractivity contribution in [3.63, 3.8) is 0 Å². The Labute approximate surface area is 91.9 Å². The maximum absolute atomic E-state index is 9.99. The molecule has 0 spiro atoms. The van der Waals surface area contributed by atoms with Crippen molar-refractivity contribution in [2.45, 2.75) is 13.8 Å². The summed E-state index contributed by atoms with van der Waals surface area (Å²) in [4.78, 5) is 4.01. The largest absolute Gasteiger partial charge is 0.505 e. The van der Waals surface area contributed by atoms with Gasteiger partial charge in [-0.1, -0.05) is 0 Å². The third-order valence-corrected chi connectivity index (χ3v) is 2.62. The first-order valence-electron chi connectivity index (χ1n) is 5.04. The lowest BCUT2D eigenvalue weighted by atomic mass is 10.1. The lowest BCUT2D eigenvalue weighted by Gasteiger charge is -2.24. The summed E-state index contributed by atoms with van der Waals surface area (Å²) in [7, 11) is 7.92. The molecule has 0 fully saturated rings. The van der Waals surface area contributed by atoms with Crippen LogP contribution >= 0.6 is 0 Å². The van der Waals surface area contributed by atoms with Gasteiger partial charge in [0.25, 0.3) is 0 Å². The number of phenols is 1. The molecule has 0 aliphatic carbocycles. The highest BCUT2D eigenvalue weighted by atomic mass is 16.3. The first-order valence-corrected chi connectivity index (χ1v) is 5.04. The van der Waals surface area contributed by atoms with E-state index in [1.807, 2.05) is 53.0 Å². The molecular formula is C12H20N2O. The van der Waals surface area contributed by atoms with E-state index in [0.717, 1.165) is 22.5 Å². The summed E-state index contributed by atoms with van der Waals surface area (Å²) in [6.07, 6.45) is 0. The first-order chi connectivity index (χ1) is 6.86. The van der Waals surface area contributed by atoms with Gasteiger partial charge in [0.05, 0.1) is 5.69 Å². The molecule has 0 unspecified atom stereocenters. The summed E-state index contributed by atoms with van der Waals surface area (Å²) in [5, 5.41) is 9.99. The second kappa shape index (κ2) is 4.01. The van der Waals surface area contributed by atoms with E-state index in [2.05, 4.69) is 4.90 Å². The van der Waals surface area contributed by atoms with Crippen LogP contribution in [0.3, 0.4) is 0 Å². The molecule has 0 aliphatic heterocycles. The molecule has 0 amide bonds. The quantitative estimate of drug-likeness (QED) is 0.806. The molecule has 84 valence electrons.